The number of nitrogens with zero attached hydrogens (tertiary/aromatic N) is 1. The van der Waals surface area contributed by atoms with Crippen molar-refractivity contribution in [2.75, 3.05) is 13.7 Å². The van der Waals surface area contributed by atoms with Crippen LogP contribution in [0.15, 0.2) is 24.3 Å². The lowest BCUT2D eigenvalue weighted by molar-refractivity contribution is -0.153. The molecule has 4 aliphatic rings. The minimum atomic E-state index is -1.00. The van der Waals surface area contributed by atoms with Crippen molar-refractivity contribution >= 4 is 29.7 Å². The molecule has 1 aromatic rings. The molecule has 1 heterocycles. The molecule has 3 amide bonds. The molecule has 2 unspecified atom stereocenters. The zero-order valence-corrected chi connectivity index (χ0v) is 25.4. The smallest absolute Gasteiger partial charge is 0.408 e. The van der Waals surface area contributed by atoms with E-state index >= 15 is 0 Å². The number of fused-ring (bicyclic) bond motifs is 2. The molecule has 0 spiro atoms. The largest absolute Gasteiger partial charge is 0.463 e. The number of Topliss-reactive ketones (excluding diaryl/α,β-unsaturated/α-hetero) is 1. The second kappa shape index (κ2) is 11.0. The zero-order chi connectivity index (χ0) is 30.6. The number of amides is 3. The Balaban J connectivity index is 1.39. The maximum atomic E-state index is 14.4. The summed E-state index contributed by atoms with van der Waals surface area (Å²) in [6.45, 7) is 9.82. The highest BCUT2D eigenvalue weighted by atomic mass is 16.6. The van der Waals surface area contributed by atoms with Crippen LogP contribution in [0.3, 0.4) is 0 Å². The van der Waals surface area contributed by atoms with E-state index in [1.165, 1.54) is 0 Å². The Hall–Kier alpha value is -3.43. The Kier molecular flexibility index (Phi) is 7.87. The van der Waals surface area contributed by atoms with Crippen LogP contribution in [-0.4, -0.2) is 71.9 Å². The predicted octanol–water partition coefficient (Wildman–Crippen LogP) is 2.80. The minimum absolute atomic E-state index is 0.0980. The lowest BCUT2D eigenvalue weighted by atomic mass is 9.93. The van der Waals surface area contributed by atoms with Gasteiger partial charge < -0.3 is 25.0 Å². The first-order chi connectivity index (χ1) is 19.7. The normalized spacial score (nSPS) is 25.5. The Morgan fingerprint density at radius 3 is 2.19 bits per heavy atom. The third kappa shape index (κ3) is 6.03. The van der Waals surface area contributed by atoms with Crippen LogP contribution in [0.25, 0.3) is 0 Å². The maximum absolute atomic E-state index is 14.4. The molecule has 2 N–H and O–H groups in total. The number of ketones is 1. The van der Waals surface area contributed by atoms with Crippen LogP contribution in [0.5, 0.6) is 0 Å². The van der Waals surface area contributed by atoms with Crippen molar-refractivity contribution in [3.63, 3.8) is 0 Å². The van der Waals surface area contributed by atoms with Gasteiger partial charge in [-0.15, -0.1) is 0 Å². The Bertz CT molecular complexity index is 1260. The summed E-state index contributed by atoms with van der Waals surface area (Å²) in [5.74, 6) is -2.49. The van der Waals surface area contributed by atoms with E-state index in [1.807, 2.05) is 24.3 Å². The molecule has 0 radical (unpaired) electrons. The molecule has 3 fully saturated rings. The molecule has 0 aromatic heterocycles. The second-order valence-electron chi connectivity index (χ2n) is 14.0. The molecule has 1 saturated heterocycles. The number of nitrogens with one attached hydrogen (secondary N) is 2. The molecule has 3 aliphatic carbocycles. The van der Waals surface area contributed by atoms with Crippen LogP contribution < -0.4 is 10.6 Å². The standard InChI is InChI=1S/C32H43N3O7/c1-31(2,3)42-30(40)34-24(20-14-18-9-7-8-10-19(18)15-20)28(38)35-16-21-23(32(21,4)5)25(35)27(37)33-22(13-17-11-12-17)26(36)29(39)41-6/h7-10,17,20-25H,11-16H2,1-6H3,(H,33,37)(H,34,40)/t21-,22?,23-,24-,25?/m0/s1. The van der Waals surface area contributed by atoms with E-state index < -0.39 is 47.5 Å². The summed E-state index contributed by atoms with van der Waals surface area (Å²) < 4.78 is 10.2. The van der Waals surface area contributed by atoms with E-state index in [1.54, 1.807) is 25.7 Å². The number of hydrogen-bond donors (Lipinski definition) is 2. The molecule has 5 atom stereocenters. The van der Waals surface area contributed by atoms with Gasteiger partial charge in [0.05, 0.1) is 13.2 Å². The first kappa shape index (κ1) is 30.0. The molecule has 228 valence electrons. The van der Waals surface area contributed by atoms with Crippen molar-refractivity contribution in [1.82, 2.24) is 15.5 Å². The average Bonchev–Trinajstić information content (AvgIpc) is 3.67. The minimum Gasteiger partial charge on any atom is -0.463 e. The number of hydrogen-bond acceptors (Lipinski definition) is 7. The summed E-state index contributed by atoms with van der Waals surface area (Å²) in [6.07, 6.45) is 2.78. The van der Waals surface area contributed by atoms with Crippen molar-refractivity contribution in [1.29, 1.82) is 0 Å². The average molecular weight is 582 g/mol. The van der Waals surface area contributed by atoms with Gasteiger partial charge in [0.1, 0.15) is 17.7 Å². The van der Waals surface area contributed by atoms with Gasteiger partial charge >= 0.3 is 12.1 Å². The number of rotatable bonds is 9. The number of esters is 1. The number of piperidine rings is 1. The Morgan fingerprint density at radius 1 is 1.02 bits per heavy atom. The van der Waals surface area contributed by atoms with Crippen molar-refractivity contribution in [3.8, 4) is 0 Å². The summed E-state index contributed by atoms with van der Waals surface area (Å²) in [5, 5.41) is 5.68. The molecular formula is C32H43N3O7. The predicted molar refractivity (Wildman–Crippen MR) is 153 cm³/mol. The fraction of sp³-hybridized carbons (Fsp3) is 0.656. The third-order valence-electron chi connectivity index (χ3n) is 9.54. The lowest BCUT2D eigenvalue weighted by Crippen LogP contribution is -2.59. The van der Waals surface area contributed by atoms with Gasteiger partial charge in [0.2, 0.25) is 11.8 Å². The molecule has 1 aliphatic heterocycles. The van der Waals surface area contributed by atoms with Crippen LogP contribution in [0.1, 0.15) is 65.0 Å². The number of carbonyl (C=O) groups excluding carboxylic acids is 5. The summed E-state index contributed by atoms with van der Waals surface area (Å²) in [4.78, 5) is 67.8. The second-order valence-corrected chi connectivity index (χ2v) is 14.0. The number of carbonyl (C=O) groups is 5. The summed E-state index contributed by atoms with van der Waals surface area (Å²) in [5.41, 5.74) is 1.36. The van der Waals surface area contributed by atoms with Gasteiger partial charge in [-0.05, 0) is 80.2 Å². The van der Waals surface area contributed by atoms with Gasteiger partial charge in [0.25, 0.3) is 5.78 Å². The number of benzene rings is 1. The van der Waals surface area contributed by atoms with E-state index in [2.05, 4.69) is 29.2 Å². The number of alkyl carbamates (subject to hydrolysis) is 1. The highest BCUT2D eigenvalue weighted by Gasteiger charge is 2.70. The number of methoxy groups -OCH3 is 1. The van der Waals surface area contributed by atoms with Crippen molar-refractivity contribution in [2.24, 2.45) is 29.1 Å². The molecule has 10 nitrogen and oxygen atoms in total. The molecule has 10 heteroatoms. The van der Waals surface area contributed by atoms with E-state index in [-0.39, 0.29) is 35.0 Å². The van der Waals surface area contributed by atoms with Crippen LogP contribution in [0, 0.1) is 29.1 Å². The van der Waals surface area contributed by atoms with Gasteiger partial charge in [-0.3, -0.25) is 14.4 Å². The highest BCUT2D eigenvalue weighted by molar-refractivity contribution is 6.36. The van der Waals surface area contributed by atoms with E-state index in [9.17, 15) is 24.0 Å². The molecular weight excluding hydrogens is 538 g/mol. The molecule has 0 bridgehead atoms. The molecule has 42 heavy (non-hydrogen) atoms. The number of ether oxygens (including phenoxy) is 2. The third-order valence-corrected chi connectivity index (χ3v) is 9.54. The van der Waals surface area contributed by atoms with E-state index in [4.69, 9.17) is 4.74 Å². The van der Waals surface area contributed by atoms with Crippen molar-refractivity contribution in [2.45, 2.75) is 90.4 Å². The van der Waals surface area contributed by atoms with Gasteiger partial charge in [0.15, 0.2) is 0 Å². The fourth-order valence-corrected chi connectivity index (χ4v) is 7.05. The van der Waals surface area contributed by atoms with Crippen LogP contribution >= 0.6 is 0 Å². The molecule has 1 aromatic carbocycles. The van der Waals surface area contributed by atoms with Crippen molar-refractivity contribution in [3.05, 3.63) is 35.4 Å². The molecule has 2 saturated carbocycles. The van der Waals surface area contributed by atoms with E-state index in [0.717, 1.165) is 31.1 Å². The van der Waals surface area contributed by atoms with Crippen LogP contribution in [0.2, 0.25) is 0 Å². The quantitative estimate of drug-likeness (QED) is 0.339. The fourth-order valence-electron chi connectivity index (χ4n) is 7.05. The summed E-state index contributed by atoms with van der Waals surface area (Å²) in [6, 6.07) is 5.26. The number of likely N-dealkylation sites (tertiary alicyclic amines) is 1. The SMILES string of the molecule is COC(=O)C(=O)C(CC1CC1)NC(=O)C1[C@@H]2[C@H](CN1C(=O)[C@@H](NC(=O)OC(C)(C)C)C1Cc3ccccc3C1)C2(C)C. The topological polar surface area (TPSA) is 131 Å². The Morgan fingerprint density at radius 2 is 1.64 bits per heavy atom. The first-order valence-corrected chi connectivity index (χ1v) is 15.0. The van der Waals surface area contributed by atoms with Gasteiger partial charge in [-0.1, -0.05) is 51.0 Å². The van der Waals surface area contributed by atoms with Gasteiger partial charge in [0, 0.05) is 6.54 Å². The summed E-state index contributed by atoms with van der Waals surface area (Å²) >= 11 is 0. The lowest BCUT2D eigenvalue weighted by Gasteiger charge is -2.35. The first-order valence-electron chi connectivity index (χ1n) is 15.0. The van der Waals surface area contributed by atoms with Gasteiger partial charge in [-0.2, -0.15) is 0 Å². The summed E-state index contributed by atoms with van der Waals surface area (Å²) in [7, 11) is 1.14. The monoisotopic (exact) mass is 581 g/mol. The maximum Gasteiger partial charge on any atom is 0.408 e. The van der Waals surface area contributed by atoms with Crippen molar-refractivity contribution < 1.29 is 33.4 Å². The van der Waals surface area contributed by atoms with Crippen LogP contribution in [-0.2, 0) is 41.5 Å². The molecule has 5 rings (SSSR count). The van der Waals surface area contributed by atoms with E-state index in [0.29, 0.717) is 25.8 Å². The van der Waals surface area contributed by atoms with Crippen LogP contribution in [0.4, 0.5) is 4.79 Å². The zero-order valence-electron chi connectivity index (χ0n) is 25.4. The Labute approximate surface area is 247 Å². The van der Waals surface area contributed by atoms with Gasteiger partial charge in [-0.25, -0.2) is 9.59 Å². The highest BCUT2D eigenvalue weighted by Crippen LogP contribution is 2.65.